The van der Waals surface area contributed by atoms with Crippen LogP contribution in [0, 0.1) is 28.6 Å². The van der Waals surface area contributed by atoms with E-state index in [-0.39, 0.29) is 40.8 Å². The molecule has 4 aliphatic carbocycles. The van der Waals surface area contributed by atoms with Gasteiger partial charge in [-0.05, 0) is 54.9 Å². The predicted octanol–water partition coefficient (Wildman–Crippen LogP) is 1.84. The van der Waals surface area contributed by atoms with E-state index in [2.05, 4.69) is 13.8 Å². The number of aliphatic hydroxyl groups is 2. The molecule has 0 bridgehead atoms. The van der Waals surface area contributed by atoms with E-state index in [0.717, 1.165) is 25.7 Å². The quantitative estimate of drug-likeness (QED) is 0.669. The highest BCUT2D eigenvalue weighted by molar-refractivity contribution is 5.98. The molecule has 9 atom stereocenters. The maximum atomic E-state index is 12.0. The van der Waals surface area contributed by atoms with Gasteiger partial charge >= 0.3 is 0 Å². The smallest absolute Gasteiger partial charge is 0.187 e. The summed E-state index contributed by atoms with van der Waals surface area (Å²) in [5, 5.41) is 21.1. The summed E-state index contributed by atoms with van der Waals surface area (Å²) in [6, 6.07) is 0. The fourth-order valence-electron chi connectivity index (χ4n) is 6.96. The van der Waals surface area contributed by atoms with Crippen molar-refractivity contribution >= 4 is 5.78 Å². The van der Waals surface area contributed by atoms with E-state index in [9.17, 15) is 15.0 Å². The van der Waals surface area contributed by atoms with Crippen molar-refractivity contribution in [2.75, 3.05) is 0 Å². The van der Waals surface area contributed by atoms with Crippen molar-refractivity contribution in [2.45, 2.75) is 70.4 Å². The molecule has 0 unspecified atom stereocenters. The fourth-order valence-corrected chi connectivity index (χ4v) is 6.96. The molecule has 126 valence electrons. The summed E-state index contributed by atoms with van der Waals surface area (Å²) >= 11 is 0. The van der Waals surface area contributed by atoms with Crippen LogP contribution in [0.2, 0.25) is 0 Å². The molecule has 4 fully saturated rings. The van der Waals surface area contributed by atoms with Gasteiger partial charge in [0.1, 0.15) is 12.2 Å². The third-order valence-electron chi connectivity index (χ3n) is 8.26. The number of aliphatic hydroxyl groups excluding tert-OH is 2. The van der Waals surface area contributed by atoms with Crippen molar-refractivity contribution in [3.8, 4) is 0 Å². The molecule has 1 aliphatic heterocycles. The van der Waals surface area contributed by atoms with E-state index in [4.69, 9.17) is 4.74 Å². The molecule has 0 radical (unpaired) electrons. The van der Waals surface area contributed by atoms with Gasteiger partial charge < -0.3 is 14.9 Å². The Morgan fingerprint density at radius 2 is 2.04 bits per heavy atom. The van der Waals surface area contributed by atoms with Gasteiger partial charge in [-0.2, -0.15) is 0 Å². The number of hydrogen-bond acceptors (Lipinski definition) is 4. The summed E-state index contributed by atoms with van der Waals surface area (Å²) in [7, 11) is 0. The highest BCUT2D eigenvalue weighted by Crippen LogP contribution is 2.67. The Kier molecular flexibility index (Phi) is 2.72. The molecule has 1 saturated heterocycles. The number of carbonyl (C=O) groups is 1. The average Bonchev–Trinajstić information content (AvgIpc) is 3.26. The molecule has 0 spiro atoms. The first kappa shape index (κ1) is 14.6. The SMILES string of the molecule is C[C@]12CC[C@H]3[C@@H](CCC4=CC(=O)[C@@H]5O[C@@H]5[C@@]43C)[C@@H]1[C@H](O)C[C@@H]2O. The van der Waals surface area contributed by atoms with Crippen molar-refractivity contribution in [3.05, 3.63) is 11.6 Å². The zero-order valence-corrected chi connectivity index (χ0v) is 13.9. The maximum absolute atomic E-state index is 12.0. The van der Waals surface area contributed by atoms with Crippen LogP contribution in [0.25, 0.3) is 0 Å². The van der Waals surface area contributed by atoms with Gasteiger partial charge in [0, 0.05) is 11.8 Å². The molecular formula is C19H26O4. The normalized spacial score (nSPS) is 60.3. The third kappa shape index (κ3) is 1.60. The molecule has 1 heterocycles. The number of epoxide rings is 1. The largest absolute Gasteiger partial charge is 0.393 e. The predicted molar refractivity (Wildman–Crippen MR) is 83.5 cm³/mol. The topological polar surface area (TPSA) is 70.1 Å². The van der Waals surface area contributed by atoms with E-state index in [1.54, 1.807) is 0 Å². The molecule has 0 aromatic rings. The van der Waals surface area contributed by atoms with Crippen LogP contribution in [-0.4, -0.2) is 40.4 Å². The molecule has 2 N–H and O–H groups in total. The Morgan fingerprint density at radius 1 is 1.26 bits per heavy atom. The first-order valence-electron chi connectivity index (χ1n) is 9.14. The van der Waals surface area contributed by atoms with Gasteiger partial charge in [0.25, 0.3) is 0 Å². The zero-order valence-electron chi connectivity index (χ0n) is 13.9. The highest BCUT2D eigenvalue weighted by Gasteiger charge is 2.68. The first-order chi connectivity index (χ1) is 10.9. The minimum Gasteiger partial charge on any atom is -0.393 e. The van der Waals surface area contributed by atoms with Crippen molar-refractivity contribution in [1.29, 1.82) is 0 Å². The second-order valence-corrected chi connectivity index (χ2v) is 9.03. The van der Waals surface area contributed by atoms with Gasteiger partial charge in [-0.25, -0.2) is 0 Å². The second kappa shape index (κ2) is 4.27. The molecule has 4 nitrogen and oxygen atoms in total. The summed E-state index contributed by atoms with van der Waals surface area (Å²) in [5.41, 5.74) is 1.09. The lowest BCUT2D eigenvalue weighted by Gasteiger charge is -2.57. The number of ketones is 1. The lowest BCUT2D eigenvalue weighted by Crippen LogP contribution is -2.55. The van der Waals surface area contributed by atoms with Crippen molar-refractivity contribution < 1.29 is 19.7 Å². The maximum Gasteiger partial charge on any atom is 0.187 e. The van der Waals surface area contributed by atoms with Gasteiger partial charge in [-0.15, -0.1) is 0 Å². The third-order valence-corrected chi connectivity index (χ3v) is 8.26. The average molecular weight is 318 g/mol. The Hall–Kier alpha value is -0.710. The van der Waals surface area contributed by atoms with Gasteiger partial charge in [0.2, 0.25) is 0 Å². The number of carbonyl (C=O) groups excluding carboxylic acids is 1. The lowest BCUT2D eigenvalue weighted by atomic mass is 9.47. The summed E-state index contributed by atoms with van der Waals surface area (Å²) in [4.78, 5) is 12.0. The van der Waals surface area contributed by atoms with Crippen LogP contribution in [0.4, 0.5) is 0 Å². The summed E-state index contributed by atoms with van der Waals surface area (Å²) in [6.45, 7) is 4.45. The van der Waals surface area contributed by atoms with Crippen LogP contribution in [0.3, 0.4) is 0 Å². The van der Waals surface area contributed by atoms with Gasteiger partial charge in [-0.3, -0.25) is 4.79 Å². The van der Waals surface area contributed by atoms with Gasteiger partial charge in [0.15, 0.2) is 5.78 Å². The van der Waals surface area contributed by atoms with Crippen LogP contribution in [-0.2, 0) is 9.53 Å². The monoisotopic (exact) mass is 318 g/mol. The number of ether oxygens (including phenoxy) is 1. The summed E-state index contributed by atoms with van der Waals surface area (Å²) < 4.78 is 5.78. The Morgan fingerprint density at radius 3 is 2.83 bits per heavy atom. The van der Waals surface area contributed by atoms with Crippen LogP contribution < -0.4 is 0 Å². The van der Waals surface area contributed by atoms with E-state index in [1.807, 2.05) is 6.08 Å². The van der Waals surface area contributed by atoms with Gasteiger partial charge in [0.05, 0.1) is 12.2 Å². The Bertz CT molecular complexity index is 612. The van der Waals surface area contributed by atoms with Crippen LogP contribution >= 0.6 is 0 Å². The lowest BCUT2D eigenvalue weighted by molar-refractivity contribution is -0.117. The Balaban J connectivity index is 1.56. The molecule has 0 aromatic carbocycles. The molecule has 4 heteroatoms. The second-order valence-electron chi connectivity index (χ2n) is 9.03. The molecule has 0 amide bonds. The minimum absolute atomic E-state index is 0.0455. The molecule has 3 saturated carbocycles. The number of fused-ring (bicyclic) bond motifs is 7. The van der Waals surface area contributed by atoms with E-state index in [0.29, 0.717) is 18.3 Å². The van der Waals surface area contributed by atoms with Crippen LogP contribution in [0.1, 0.15) is 46.0 Å². The van der Waals surface area contributed by atoms with Crippen LogP contribution in [0.15, 0.2) is 11.6 Å². The standard InChI is InChI=1S/C19H26O4/c1-18-6-5-11-10(15(18)12(20)8-14(18)22)4-3-9-7-13(21)16-17(23-16)19(9,11)2/h7,10-12,14-17,20,22H,3-6,8H2,1-2H3/t10-,11+,12-,14+,15-,16+,17+,18-,19+/m1/s1. The van der Waals surface area contributed by atoms with E-state index < -0.39 is 6.10 Å². The highest BCUT2D eigenvalue weighted by atomic mass is 16.6. The molecular weight excluding hydrogens is 292 g/mol. The molecule has 5 rings (SSSR count). The number of rotatable bonds is 0. The van der Waals surface area contributed by atoms with Crippen molar-refractivity contribution in [1.82, 2.24) is 0 Å². The molecule has 0 aromatic heterocycles. The van der Waals surface area contributed by atoms with Crippen molar-refractivity contribution in [2.24, 2.45) is 28.6 Å². The zero-order chi connectivity index (χ0) is 16.1. The van der Waals surface area contributed by atoms with E-state index >= 15 is 0 Å². The fraction of sp³-hybridized carbons (Fsp3) is 0.842. The Labute approximate surface area is 136 Å². The minimum atomic E-state index is -0.391. The first-order valence-corrected chi connectivity index (χ1v) is 9.14. The number of hydrogen-bond donors (Lipinski definition) is 2. The van der Waals surface area contributed by atoms with Crippen molar-refractivity contribution in [3.63, 3.8) is 0 Å². The molecule has 5 aliphatic rings. The van der Waals surface area contributed by atoms with Crippen LogP contribution in [0.5, 0.6) is 0 Å². The summed E-state index contributed by atoms with van der Waals surface area (Å²) in [6.07, 6.45) is 5.44. The van der Waals surface area contributed by atoms with Gasteiger partial charge in [-0.1, -0.05) is 19.4 Å². The van der Waals surface area contributed by atoms with E-state index in [1.165, 1.54) is 5.57 Å². The summed E-state index contributed by atoms with van der Waals surface area (Å²) in [5.74, 6) is 1.23. The molecule has 23 heavy (non-hydrogen) atoms.